The second kappa shape index (κ2) is 4.70. The van der Waals surface area contributed by atoms with Crippen LogP contribution >= 0.6 is 0 Å². The molecule has 0 spiro atoms. The minimum absolute atomic E-state index is 0.0229. The fraction of sp³-hybridized carbons (Fsp3) is 0.400. The van der Waals surface area contributed by atoms with Gasteiger partial charge in [0.25, 0.3) is 0 Å². The Bertz CT molecular complexity index is 617. The van der Waals surface area contributed by atoms with Crippen molar-refractivity contribution in [2.75, 3.05) is 13.1 Å². The van der Waals surface area contributed by atoms with Crippen LogP contribution in [0.25, 0.3) is 10.9 Å². The molecular weight excluding hydrogens is 238 g/mol. The van der Waals surface area contributed by atoms with E-state index in [4.69, 9.17) is 5.73 Å². The number of benzene rings is 1. The highest BCUT2D eigenvalue weighted by atomic mass is 16.1. The number of nitrogens with zero attached hydrogens (tertiary/aromatic N) is 2. The van der Waals surface area contributed by atoms with E-state index in [0.717, 1.165) is 26.1 Å². The summed E-state index contributed by atoms with van der Waals surface area (Å²) in [5.41, 5.74) is 7.91. The first-order valence-electron chi connectivity index (χ1n) is 6.70. The van der Waals surface area contributed by atoms with Gasteiger partial charge in [0.1, 0.15) is 0 Å². The Kier molecular flexibility index (Phi) is 3.03. The van der Waals surface area contributed by atoms with Crippen molar-refractivity contribution in [1.82, 2.24) is 9.47 Å². The normalized spacial score (nSPS) is 20.2. The molecule has 100 valence electrons. The van der Waals surface area contributed by atoms with Gasteiger partial charge in [-0.2, -0.15) is 0 Å². The Morgan fingerprint density at radius 2 is 2.21 bits per heavy atom. The topological polar surface area (TPSA) is 51.3 Å². The molecule has 1 amide bonds. The molecule has 1 aliphatic heterocycles. The first-order valence-corrected chi connectivity index (χ1v) is 6.70. The molecule has 1 aromatic carbocycles. The van der Waals surface area contributed by atoms with E-state index in [9.17, 15) is 4.79 Å². The van der Waals surface area contributed by atoms with Gasteiger partial charge in [0.15, 0.2) is 0 Å². The summed E-state index contributed by atoms with van der Waals surface area (Å²) < 4.78 is 2.23. The van der Waals surface area contributed by atoms with Gasteiger partial charge in [0.05, 0.1) is 5.92 Å². The molecule has 19 heavy (non-hydrogen) atoms. The van der Waals surface area contributed by atoms with Crippen molar-refractivity contribution in [3.63, 3.8) is 0 Å². The molecular formula is C15H19N3O. The number of hydrogen-bond donors (Lipinski definition) is 1. The van der Waals surface area contributed by atoms with Crippen LogP contribution < -0.4 is 5.73 Å². The Hall–Kier alpha value is -1.81. The van der Waals surface area contributed by atoms with E-state index in [0.29, 0.717) is 0 Å². The van der Waals surface area contributed by atoms with Gasteiger partial charge < -0.3 is 10.3 Å². The largest absolute Gasteiger partial charge is 0.369 e. The van der Waals surface area contributed by atoms with E-state index in [1.165, 1.54) is 16.6 Å². The van der Waals surface area contributed by atoms with Crippen molar-refractivity contribution >= 4 is 16.8 Å². The van der Waals surface area contributed by atoms with Gasteiger partial charge in [-0.1, -0.05) is 18.2 Å². The van der Waals surface area contributed by atoms with Crippen LogP contribution in [0.1, 0.15) is 12.1 Å². The predicted molar refractivity (Wildman–Crippen MR) is 75.5 cm³/mol. The minimum Gasteiger partial charge on any atom is -0.369 e. The molecule has 0 unspecified atom stereocenters. The maximum absolute atomic E-state index is 11.2. The lowest BCUT2D eigenvalue weighted by atomic mass is 10.1. The molecule has 4 nitrogen and oxygen atoms in total. The number of rotatable bonds is 3. The third kappa shape index (κ3) is 2.24. The summed E-state index contributed by atoms with van der Waals surface area (Å²) in [6.07, 6.45) is 0.888. The zero-order valence-electron chi connectivity index (χ0n) is 11.2. The SMILES string of the molecule is Cn1c(CN2CC[C@@H](C(N)=O)C2)cc2ccccc21. The maximum Gasteiger partial charge on any atom is 0.221 e. The summed E-state index contributed by atoms with van der Waals surface area (Å²) >= 11 is 0. The number of aromatic nitrogens is 1. The van der Waals surface area contributed by atoms with Crippen LogP contribution in [0.3, 0.4) is 0 Å². The van der Waals surface area contributed by atoms with E-state index < -0.39 is 0 Å². The van der Waals surface area contributed by atoms with Gasteiger partial charge in [-0.25, -0.2) is 0 Å². The molecule has 1 aliphatic rings. The number of hydrogen-bond acceptors (Lipinski definition) is 2. The van der Waals surface area contributed by atoms with Gasteiger partial charge in [-0.05, 0) is 30.5 Å². The Morgan fingerprint density at radius 1 is 1.42 bits per heavy atom. The van der Waals surface area contributed by atoms with E-state index >= 15 is 0 Å². The van der Waals surface area contributed by atoms with Crippen LogP contribution in [-0.2, 0) is 18.4 Å². The summed E-state index contributed by atoms with van der Waals surface area (Å²) in [6, 6.07) is 10.6. The van der Waals surface area contributed by atoms with E-state index in [2.05, 4.69) is 46.8 Å². The molecule has 3 rings (SSSR count). The summed E-state index contributed by atoms with van der Waals surface area (Å²) in [4.78, 5) is 13.5. The van der Waals surface area contributed by atoms with Crippen LogP contribution in [0.5, 0.6) is 0 Å². The Labute approximate surface area is 112 Å². The number of nitrogens with two attached hydrogens (primary N) is 1. The van der Waals surface area contributed by atoms with E-state index in [1.54, 1.807) is 0 Å². The lowest BCUT2D eigenvalue weighted by Crippen LogP contribution is -2.27. The third-order valence-corrected chi connectivity index (χ3v) is 4.11. The lowest BCUT2D eigenvalue weighted by molar-refractivity contribution is -0.121. The monoisotopic (exact) mass is 257 g/mol. The van der Waals surface area contributed by atoms with Gasteiger partial charge in [-0.3, -0.25) is 9.69 Å². The summed E-state index contributed by atoms with van der Waals surface area (Å²) in [5.74, 6) is -0.144. The second-order valence-electron chi connectivity index (χ2n) is 5.38. The smallest absolute Gasteiger partial charge is 0.221 e. The standard InChI is InChI=1S/C15H19N3O/c1-17-13(8-11-4-2-3-5-14(11)17)10-18-7-6-12(9-18)15(16)19/h2-5,8,12H,6-7,9-10H2,1H3,(H2,16,19)/t12-/m1/s1. The quantitative estimate of drug-likeness (QED) is 0.905. The highest BCUT2D eigenvalue weighted by molar-refractivity contribution is 5.81. The molecule has 2 heterocycles. The van der Waals surface area contributed by atoms with Crippen LogP contribution in [-0.4, -0.2) is 28.5 Å². The van der Waals surface area contributed by atoms with Crippen LogP contribution in [0, 0.1) is 5.92 Å². The van der Waals surface area contributed by atoms with Crippen molar-refractivity contribution in [1.29, 1.82) is 0 Å². The summed E-state index contributed by atoms with van der Waals surface area (Å²) in [5, 5.41) is 1.27. The first kappa shape index (κ1) is 12.2. The van der Waals surface area contributed by atoms with Gasteiger partial charge in [0.2, 0.25) is 5.91 Å². The highest BCUT2D eigenvalue weighted by Gasteiger charge is 2.26. The molecule has 1 fully saturated rings. The number of carbonyl (C=O) groups is 1. The number of primary amides is 1. The Morgan fingerprint density at radius 3 is 2.89 bits per heavy atom. The molecule has 0 saturated carbocycles. The fourth-order valence-corrected chi connectivity index (χ4v) is 2.94. The van der Waals surface area contributed by atoms with Crippen LogP contribution in [0.4, 0.5) is 0 Å². The van der Waals surface area contributed by atoms with Crippen molar-refractivity contribution in [2.24, 2.45) is 18.7 Å². The number of carbonyl (C=O) groups excluding carboxylic acids is 1. The number of amides is 1. The summed E-state index contributed by atoms with van der Waals surface area (Å²) in [6.45, 7) is 2.63. The lowest BCUT2D eigenvalue weighted by Gasteiger charge is -2.15. The van der Waals surface area contributed by atoms with Crippen molar-refractivity contribution in [3.05, 3.63) is 36.0 Å². The van der Waals surface area contributed by atoms with Gasteiger partial charge in [0, 0.05) is 31.3 Å². The van der Waals surface area contributed by atoms with Crippen molar-refractivity contribution in [2.45, 2.75) is 13.0 Å². The number of aryl methyl sites for hydroxylation is 1. The molecule has 0 radical (unpaired) electrons. The number of fused-ring (bicyclic) bond motifs is 1. The predicted octanol–water partition coefficient (Wildman–Crippen LogP) is 1.49. The van der Waals surface area contributed by atoms with Gasteiger partial charge >= 0.3 is 0 Å². The average molecular weight is 257 g/mol. The van der Waals surface area contributed by atoms with Crippen molar-refractivity contribution < 1.29 is 4.79 Å². The highest BCUT2D eigenvalue weighted by Crippen LogP contribution is 2.22. The minimum atomic E-state index is -0.167. The molecule has 4 heteroatoms. The molecule has 0 bridgehead atoms. The molecule has 1 saturated heterocycles. The zero-order chi connectivity index (χ0) is 13.4. The molecule has 1 aromatic heterocycles. The number of para-hydroxylation sites is 1. The molecule has 2 aromatic rings. The first-order chi connectivity index (χ1) is 9.15. The Balaban J connectivity index is 1.79. The molecule has 2 N–H and O–H groups in total. The zero-order valence-corrected chi connectivity index (χ0v) is 11.2. The van der Waals surface area contributed by atoms with Gasteiger partial charge in [-0.15, -0.1) is 0 Å². The second-order valence-corrected chi connectivity index (χ2v) is 5.38. The average Bonchev–Trinajstić information content (AvgIpc) is 2.97. The number of likely N-dealkylation sites (tertiary alicyclic amines) is 1. The van der Waals surface area contributed by atoms with Crippen LogP contribution in [0.15, 0.2) is 30.3 Å². The molecule has 1 atom stereocenters. The molecule has 0 aliphatic carbocycles. The summed E-state index contributed by atoms with van der Waals surface area (Å²) in [7, 11) is 2.10. The van der Waals surface area contributed by atoms with E-state index in [-0.39, 0.29) is 11.8 Å². The maximum atomic E-state index is 11.2. The van der Waals surface area contributed by atoms with Crippen molar-refractivity contribution in [3.8, 4) is 0 Å². The van der Waals surface area contributed by atoms with E-state index in [1.807, 2.05) is 0 Å². The van der Waals surface area contributed by atoms with Crippen LogP contribution in [0.2, 0.25) is 0 Å². The third-order valence-electron chi connectivity index (χ3n) is 4.11. The fourth-order valence-electron chi connectivity index (χ4n) is 2.94.